The van der Waals surface area contributed by atoms with Gasteiger partial charge in [0.1, 0.15) is 11.6 Å². The van der Waals surface area contributed by atoms with Gasteiger partial charge in [0.05, 0.1) is 11.0 Å². The second-order valence-corrected chi connectivity index (χ2v) is 6.63. The number of nitrogens with zero attached hydrogens (tertiary/aromatic N) is 3. The van der Waals surface area contributed by atoms with Crippen molar-refractivity contribution in [3.8, 4) is 11.4 Å². The molecule has 3 aromatic heterocycles. The lowest BCUT2D eigenvalue weighted by molar-refractivity contribution is 0.638. The van der Waals surface area contributed by atoms with Crippen LogP contribution in [0.2, 0.25) is 0 Å². The maximum absolute atomic E-state index is 14.4. The number of fused-ring (bicyclic) bond motifs is 2. The SMILES string of the molecule is Cc1cccc2c(Nc3cc(F)c4[nH]ccc4c3)nc(-c3ccncc3)nc12. The van der Waals surface area contributed by atoms with Crippen LogP contribution < -0.4 is 5.32 Å². The lowest BCUT2D eigenvalue weighted by Crippen LogP contribution is -2.01. The lowest BCUT2D eigenvalue weighted by Gasteiger charge is -2.13. The monoisotopic (exact) mass is 369 g/mol. The van der Waals surface area contributed by atoms with Crippen LogP contribution in [0.4, 0.5) is 15.9 Å². The van der Waals surface area contributed by atoms with Crippen LogP contribution in [0.25, 0.3) is 33.2 Å². The van der Waals surface area contributed by atoms with Crippen LogP contribution in [-0.2, 0) is 0 Å². The Bertz CT molecular complexity index is 1310. The quantitative estimate of drug-likeness (QED) is 0.449. The van der Waals surface area contributed by atoms with Crippen molar-refractivity contribution in [1.82, 2.24) is 19.9 Å². The smallest absolute Gasteiger partial charge is 0.162 e. The zero-order valence-electron chi connectivity index (χ0n) is 15.1. The van der Waals surface area contributed by atoms with Gasteiger partial charge < -0.3 is 10.3 Å². The number of hydrogen-bond donors (Lipinski definition) is 2. The molecular weight excluding hydrogens is 353 g/mol. The fourth-order valence-electron chi connectivity index (χ4n) is 3.36. The topological polar surface area (TPSA) is 66.5 Å². The molecule has 0 fully saturated rings. The van der Waals surface area contributed by atoms with E-state index in [0.717, 1.165) is 27.4 Å². The first kappa shape index (κ1) is 16.4. The summed E-state index contributed by atoms with van der Waals surface area (Å²) in [6.07, 6.45) is 5.15. The van der Waals surface area contributed by atoms with Crippen molar-refractivity contribution in [3.05, 3.63) is 78.5 Å². The maximum Gasteiger partial charge on any atom is 0.162 e. The van der Waals surface area contributed by atoms with Gasteiger partial charge in [0.2, 0.25) is 0 Å². The summed E-state index contributed by atoms with van der Waals surface area (Å²) in [6, 6.07) is 14.9. The molecule has 0 aliphatic rings. The third-order valence-corrected chi connectivity index (χ3v) is 4.74. The number of aromatic amines is 1. The zero-order chi connectivity index (χ0) is 19.1. The molecule has 6 heteroatoms. The Morgan fingerprint density at radius 2 is 1.86 bits per heavy atom. The normalized spacial score (nSPS) is 11.2. The Kier molecular flexibility index (Phi) is 3.76. The predicted octanol–water partition coefficient (Wildman–Crippen LogP) is 5.36. The molecule has 0 atom stereocenters. The summed E-state index contributed by atoms with van der Waals surface area (Å²) in [5, 5.41) is 4.97. The molecule has 136 valence electrons. The summed E-state index contributed by atoms with van der Waals surface area (Å²) in [5.41, 5.74) is 3.90. The highest BCUT2D eigenvalue weighted by atomic mass is 19.1. The van der Waals surface area contributed by atoms with Gasteiger partial charge in [-0.2, -0.15) is 0 Å². The number of rotatable bonds is 3. The number of halogens is 1. The molecule has 0 unspecified atom stereocenters. The fourth-order valence-corrected chi connectivity index (χ4v) is 3.36. The minimum absolute atomic E-state index is 0.311. The van der Waals surface area contributed by atoms with E-state index in [1.165, 1.54) is 6.07 Å². The molecule has 5 nitrogen and oxygen atoms in total. The Balaban J connectivity index is 1.69. The van der Waals surface area contributed by atoms with Gasteiger partial charge >= 0.3 is 0 Å². The molecule has 0 spiro atoms. The highest BCUT2D eigenvalue weighted by molar-refractivity contribution is 5.95. The van der Waals surface area contributed by atoms with E-state index in [1.807, 2.05) is 49.4 Å². The number of para-hydroxylation sites is 1. The van der Waals surface area contributed by atoms with Gasteiger partial charge in [0.15, 0.2) is 5.82 Å². The van der Waals surface area contributed by atoms with Gasteiger partial charge in [-0.25, -0.2) is 14.4 Å². The molecule has 0 saturated heterocycles. The third-order valence-electron chi connectivity index (χ3n) is 4.74. The molecule has 5 rings (SSSR count). The van der Waals surface area contributed by atoms with Crippen molar-refractivity contribution >= 4 is 33.3 Å². The third kappa shape index (κ3) is 2.75. The van der Waals surface area contributed by atoms with Gasteiger partial charge in [0.25, 0.3) is 0 Å². The molecule has 3 heterocycles. The second-order valence-electron chi connectivity index (χ2n) is 6.63. The summed E-state index contributed by atoms with van der Waals surface area (Å²) in [5.74, 6) is 0.915. The Morgan fingerprint density at radius 3 is 2.71 bits per heavy atom. The molecule has 0 bridgehead atoms. The summed E-state index contributed by atoms with van der Waals surface area (Å²) in [6.45, 7) is 2.01. The standard InChI is InChI=1S/C22H16FN5/c1-13-3-2-4-17-19(13)27-21(14-5-8-24-9-6-14)28-22(17)26-16-11-15-7-10-25-20(15)18(23)12-16/h2-12,25H,1H3,(H,26,27,28). The molecule has 0 aliphatic heterocycles. The van der Waals surface area contributed by atoms with Gasteiger partial charge in [-0.1, -0.05) is 12.1 Å². The first-order valence-electron chi connectivity index (χ1n) is 8.90. The van der Waals surface area contributed by atoms with Gasteiger partial charge in [0, 0.05) is 40.6 Å². The molecule has 2 aromatic carbocycles. The van der Waals surface area contributed by atoms with E-state index in [0.29, 0.717) is 22.8 Å². The van der Waals surface area contributed by atoms with Crippen LogP contribution in [-0.4, -0.2) is 19.9 Å². The number of H-pyrrole nitrogens is 1. The van der Waals surface area contributed by atoms with Crippen LogP contribution in [0.15, 0.2) is 67.1 Å². The van der Waals surface area contributed by atoms with Crippen LogP contribution in [0.1, 0.15) is 5.56 Å². The predicted molar refractivity (Wildman–Crippen MR) is 109 cm³/mol. The van der Waals surface area contributed by atoms with Gasteiger partial charge in [-0.3, -0.25) is 4.98 Å². The minimum atomic E-state index is -0.311. The van der Waals surface area contributed by atoms with Crippen molar-refractivity contribution < 1.29 is 4.39 Å². The number of hydrogen-bond acceptors (Lipinski definition) is 4. The molecule has 2 N–H and O–H groups in total. The summed E-state index contributed by atoms with van der Waals surface area (Å²) >= 11 is 0. The Morgan fingerprint density at radius 1 is 1.00 bits per heavy atom. The number of aryl methyl sites for hydroxylation is 1. The van der Waals surface area contributed by atoms with Crippen LogP contribution in [0.3, 0.4) is 0 Å². The van der Waals surface area contributed by atoms with E-state index in [2.05, 4.69) is 15.3 Å². The van der Waals surface area contributed by atoms with Crippen LogP contribution in [0.5, 0.6) is 0 Å². The number of nitrogens with one attached hydrogen (secondary N) is 2. The molecule has 0 aliphatic carbocycles. The van der Waals surface area contributed by atoms with Gasteiger partial charge in [-0.05, 0) is 48.9 Å². The summed E-state index contributed by atoms with van der Waals surface area (Å²) < 4.78 is 14.4. The number of pyridine rings is 1. The van der Waals surface area contributed by atoms with Crippen molar-refractivity contribution in [2.45, 2.75) is 6.92 Å². The zero-order valence-corrected chi connectivity index (χ0v) is 15.1. The lowest BCUT2D eigenvalue weighted by atomic mass is 10.1. The van der Waals surface area contributed by atoms with E-state index in [4.69, 9.17) is 9.97 Å². The van der Waals surface area contributed by atoms with Gasteiger partial charge in [-0.15, -0.1) is 0 Å². The first-order valence-corrected chi connectivity index (χ1v) is 8.90. The van der Waals surface area contributed by atoms with E-state index >= 15 is 0 Å². The molecule has 0 amide bonds. The minimum Gasteiger partial charge on any atom is -0.359 e. The second kappa shape index (κ2) is 6.42. The van der Waals surface area contributed by atoms with E-state index in [-0.39, 0.29) is 5.82 Å². The Hall–Kier alpha value is -3.80. The van der Waals surface area contributed by atoms with Crippen LogP contribution in [0, 0.1) is 12.7 Å². The maximum atomic E-state index is 14.4. The van der Waals surface area contributed by atoms with E-state index in [9.17, 15) is 4.39 Å². The summed E-state index contributed by atoms with van der Waals surface area (Å²) in [4.78, 5) is 16.4. The average Bonchev–Trinajstić information content (AvgIpc) is 3.18. The molecule has 0 saturated carbocycles. The largest absolute Gasteiger partial charge is 0.359 e. The molecular formula is C22H16FN5. The fraction of sp³-hybridized carbons (Fsp3) is 0.0455. The average molecular weight is 369 g/mol. The van der Waals surface area contributed by atoms with Crippen molar-refractivity contribution in [2.24, 2.45) is 0 Å². The highest BCUT2D eigenvalue weighted by Gasteiger charge is 2.12. The number of anilines is 2. The van der Waals surface area contributed by atoms with Crippen LogP contribution >= 0.6 is 0 Å². The van der Waals surface area contributed by atoms with Crippen molar-refractivity contribution in [2.75, 3.05) is 5.32 Å². The van der Waals surface area contributed by atoms with Crippen molar-refractivity contribution in [3.63, 3.8) is 0 Å². The highest BCUT2D eigenvalue weighted by Crippen LogP contribution is 2.30. The number of aromatic nitrogens is 4. The Labute approximate surface area is 160 Å². The van der Waals surface area contributed by atoms with E-state index < -0.39 is 0 Å². The molecule has 0 radical (unpaired) electrons. The summed E-state index contributed by atoms with van der Waals surface area (Å²) in [7, 11) is 0. The number of benzene rings is 2. The molecule has 28 heavy (non-hydrogen) atoms. The molecule has 5 aromatic rings. The van der Waals surface area contributed by atoms with Crippen molar-refractivity contribution in [1.29, 1.82) is 0 Å². The van der Waals surface area contributed by atoms with E-state index in [1.54, 1.807) is 18.6 Å². The first-order chi connectivity index (χ1) is 13.7.